The van der Waals surface area contributed by atoms with E-state index in [2.05, 4.69) is 11.4 Å². The van der Waals surface area contributed by atoms with Crippen molar-refractivity contribution in [1.29, 1.82) is 5.26 Å². The van der Waals surface area contributed by atoms with E-state index >= 15 is 0 Å². The Morgan fingerprint density at radius 2 is 2.00 bits per heavy atom. The van der Waals surface area contributed by atoms with E-state index in [4.69, 9.17) is 4.74 Å². The third kappa shape index (κ3) is 4.12. The van der Waals surface area contributed by atoms with Crippen LogP contribution in [0.2, 0.25) is 0 Å². The molecular formula is C16H25N3O3. The second-order valence-electron chi connectivity index (χ2n) is 7.28. The van der Waals surface area contributed by atoms with Crippen molar-refractivity contribution in [2.75, 3.05) is 13.1 Å². The number of nitrogens with one attached hydrogen (secondary N) is 1. The van der Waals surface area contributed by atoms with Gasteiger partial charge in [-0.05, 0) is 52.9 Å². The highest BCUT2D eigenvalue weighted by Crippen LogP contribution is 2.46. The zero-order valence-electron chi connectivity index (χ0n) is 13.6. The number of carbonyl (C=O) groups excluding carboxylic acids is 2. The Bertz CT molecular complexity index is 486. The van der Waals surface area contributed by atoms with Crippen LogP contribution in [0.3, 0.4) is 0 Å². The van der Waals surface area contributed by atoms with Gasteiger partial charge in [-0.1, -0.05) is 0 Å². The zero-order valence-corrected chi connectivity index (χ0v) is 13.6. The van der Waals surface area contributed by atoms with Crippen LogP contribution in [0.5, 0.6) is 0 Å². The number of hydrogen-bond acceptors (Lipinski definition) is 4. The maximum absolute atomic E-state index is 12.5. The molecule has 0 spiro atoms. The predicted octanol–water partition coefficient (Wildman–Crippen LogP) is 2.20. The Morgan fingerprint density at radius 3 is 2.55 bits per heavy atom. The van der Waals surface area contributed by atoms with E-state index in [0.717, 1.165) is 19.3 Å². The van der Waals surface area contributed by atoms with Crippen LogP contribution in [0.1, 0.15) is 52.9 Å². The molecular weight excluding hydrogens is 282 g/mol. The van der Waals surface area contributed by atoms with E-state index in [1.165, 1.54) is 0 Å². The van der Waals surface area contributed by atoms with Crippen molar-refractivity contribution in [3.05, 3.63) is 0 Å². The first kappa shape index (κ1) is 16.6. The number of alkyl carbamates (subject to hydrolysis) is 1. The topological polar surface area (TPSA) is 82.4 Å². The molecule has 2 amide bonds. The fourth-order valence-corrected chi connectivity index (χ4v) is 2.72. The molecule has 0 aromatic heterocycles. The lowest BCUT2D eigenvalue weighted by atomic mass is 10.1. The molecule has 0 bridgehead atoms. The van der Waals surface area contributed by atoms with E-state index in [0.29, 0.717) is 25.9 Å². The lowest BCUT2D eigenvalue weighted by Gasteiger charge is -2.28. The summed E-state index contributed by atoms with van der Waals surface area (Å²) in [6.45, 7) is 6.58. The molecule has 6 nitrogen and oxygen atoms in total. The number of carbonyl (C=O) groups is 2. The number of likely N-dealkylation sites (tertiary alicyclic amines) is 1. The van der Waals surface area contributed by atoms with Crippen LogP contribution in [0, 0.1) is 16.7 Å². The van der Waals surface area contributed by atoms with Crippen LogP contribution in [-0.2, 0) is 9.53 Å². The monoisotopic (exact) mass is 307 g/mol. The van der Waals surface area contributed by atoms with Gasteiger partial charge in [0.25, 0.3) is 0 Å². The average Bonchev–Trinajstić information content (AvgIpc) is 3.20. The summed E-state index contributed by atoms with van der Waals surface area (Å²) in [6, 6.07) is 2.04. The van der Waals surface area contributed by atoms with Crippen molar-refractivity contribution in [3.8, 4) is 6.07 Å². The minimum Gasteiger partial charge on any atom is -0.444 e. The van der Waals surface area contributed by atoms with Crippen LogP contribution < -0.4 is 5.32 Å². The first-order valence-electron chi connectivity index (χ1n) is 7.96. The molecule has 1 N–H and O–H groups in total. The first-order chi connectivity index (χ1) is 10.3. The van der Waals surface area contributed by atoms with Gasteiger partial charge in [0.2, 0.25) is 5.91 Å². The highest BCUT2D eigenvalue weighted by atomic mass is 16.6. The Hall–Kier alpha value is -1.77. The number of nitrogens with zero attached hydrogens (tertiary/aromatic N) is 2. The first-order valence-corrected chi connectivity index (χ1v) is 7.96. The number of ether oxygens (including phenoxy) is 1. The van der Waals surface area contributed by atoms with E-state index in [1.807, 2.05) is 20.8 Å². The van der Waals surface area contributed by atoms with Gasteiger partial charge in [-0.15, -0.1) is 0 Å². The van der Waals surface area contributed by atoms with Crippen molar-refractivity contribution in [1.82, 2.24) is 10.2 Å². The fraction of sp³-hybridized carbons (Fsp3) is 0.812. The summed E-state index contributed by atoms with van der Waals surface area (Å²) in [6.07, 6.45) is 3.53. The molecule has 0 aromatic rings. The molecule has 1 aliphatic heterocycles. The molecule has 1 saturated heterocycles. The standard InChI is InChI=1S/C16H25N3O3/c1-15(2,3)22-14(21)18-12-6-4-5-9-19(10-12)13(20)16(11-17)7-8-16/h12H,4-10H2,1-3H3,(H,18,21). The minimum atomic E-state index is -0.791. The summed E-state index contributed by atoms with van der Waals surface area (Å²) in [4.78, 5) is 26.1. The van der Waals surface area contributed by atoms with Gasteiger partial charge in [-0.3, -0.25) is 4.79 Å². The minimum absolute atomic E-state index is 0.0760. The van der Waals surface area contributed by atoms with Crippen molar-refractivity contribution in [3.63, 3.8) is 0 Å². The number of hydrogen-bond donors (Lipinski definition) is 1. The molecule has 1 atom stereocenters. The number of rotatable bonds is 2. The molecule has 1 aliphatic carbocycles. The molecule has 22 heavy (non-hydrogen) atoms. The second kappa shape index (κ2) is 6.15. The van der Waals surface area contributed by atoms with Gasteiger partial charge in [0.05, 0.1) is 6.07 Å². The average molecular weight is 307 g/mol. The molecule has 6 heteroatoms. The molecule has 2 fully saturated rings. The lowest BCUT2D eigenvalue weighted by molar-refractivity contribution is -0.135. The highest BCUT2D eigenvalue weighted by Gasteiger charge is 2.52. The Kier molecular flexibility index (Phi) is 4.64. The molecule has 1 saturated carbocycles. The number of nitriles is 1. The Labute approximate surface area is 131 Å². The molecule has 1 heterocycles. The number of amides is 2. The summed E-state index contributed by atoms with van der Waals surface area (Å²) in [5.74, 6) is -0.0760. The normalized spacial score (nSPS) is 23.9. The summed E-state index contributed by atoms with van der Waals surface area (Å²) < 4.78 is 5.27. The SMILES string of the molecule is CC(C)(C)OC(=O)NC1CCCCN(C(=O)C2(C#N)CC2)C1. The maximum Gasteiger partial charge on any atom is 0.407 e. The molecule has 0 aromatic carbocycles. The summed E-state index contributed by atoms with van der Waals surface area (Å²) >= 11 is 0. The summed E-state index contributed by atoms with van der Waals surface area (Å²) in [7, 11) is 0. The Morgan fingerprint density at radius 1 is 1.32 bits per heavy atom. The molecule has 122 valence electrons. The van der Waals surface area contributed by atoms with Gasteiger partial charge in [0.1, 0.15) is 11.0 Å². The van der Waals surface area contributed by atoms with Crippen LogP contribution in [0.4, 0.5) is 4.79 Å². The van der Waals surface area contributed by atoms with Crippen LogP contribution in [-0.4, -0.2) is 41.6 Å². The van der Waals surface area contributed by atoms with Gasteiger partial charge >= 0.3 is 6.09 Å². The summed E-state index contributed by atoms with van der Waals surface area (Å²) in [5, 5.41) is 12.0. The third-order valence-corrected chi connectivity index (χ3v) is 4.05. The lowest BCUT2D eigenvalue weighted by Crippen LogP contribution is -2.47. The largest absolute Gasteiger partial charge is 0.444 e. The van der Waals surface area contributed by atoms with Crippen LogP contribution in [0.25, 0.3) is 0 Å². The van der Waals surface area contributed by atoms with E-state index in [1.54, 1.807) is 4.90 Å². The third-order valence-electron chi connectivity index (χ3n) is 4.05. The molecule has 1 unspecified atom stereocenters. The summed E-state index contributed by atoms with van der Waals surface area (Å²) in [5.41, 5.74) is -1.33. The highest BCUT2D eigenvalue weighted by molar-refractivity contribution is 5.88. The molecule has 0 radical (unpaired) electrons. The molecule has 2 rings (SSSR count). The van der Waals surface area contributed by atoms with E-state index in [-0.39, 0.29) is 11.9 Å². The van der Waals surface area contributed by atoms with Crippen molar-refractivity contribution >= 4 is 12.0 Å². The molecule has 2 aliphatic rings. The van der Waals surface area contributed by atoms with Gasteiger partial charge in [0, 0.05) is 19.1 Å². The predicted molar refractivity (Wildman–Crippen MR) is 80.9 cm³/mol. The van der Waals surface area contributed by atoms with Crippen molar-refractivity contribution in [2.45, 2.75) is 64.5 Å². The van der Waals surface area contributed by atoms with Crippen molar-refractivity contribution < 1.29 is 14.3 Å². The smallest absolute Gasteiger partial charge is 0.407 e. The van der Waals surface area contributed by atoms with Crippen LogP contribution >= 0.6 is 0 Å². The fourth-order valence-electron chi connectivity index (χ4n) is 2.72. The maximum atomic E-state index is 12.5. The van der Waals surface area contributed by atoms with Gasteiger partial charge in [-0.2, -0.15) is 5.26 Å². The Balaban J connectivity index is 1.94. The quantitative estimate of drug-likeness (QED) is 0.847. The van der Waals surface area contributed by atoms with E-state index < -0.39 is 17.1 Å². The van der Waals surface area contributed by atoms with Gasteiger partial charge < -0.3 is 15.0 Å². The van der Waals surface area contributed by atoms with Gasteiger partial charge in [-0.25, -0.2) is 4.79 Å². The van der Waals surface area contributed by atoms with Crippen molar-refractivity contribution in [2.24, 2.45) is 5.41 Å². The van der Waals surface area contributed by atoms with E-state index in [9.17, 15) is 14.9 Å². The van der Waals surface area contributed by atoms with Crippen LogP contribution in [0.15, 0.2) is 0 Å². The zero-order chi connectivity index (χ0) is 16.4. The second-order valence-corrected chi connectivity index (χ2v) is 7.28. The van der Waals surface area contributed by atoms with Gasteiger partial charge in [0.15, 0.2) is 0 Å².